The second-order valence-electron chi connectivity index (χ2n) is 9.21. The van der Waals surface area contributed by atoms with E-state index in [4.69, 9.17) is 9.84 Å². The van der Waals surface area contributed by atoms with Crippen LogP contribution < -0.4 is 10.6 Å². The molecule has 0 spiro atoms. The van der Waals surface area contributed by atoms with E-state index in [1.54, 1.807) is 0 Å². The number of allylic oxidation sites excluding steroid dienone is 2. The Bertz CT molecular complexity index is 974. The van der Waals surface area contributed by atoms with Crippen molar-refractivity contribution < 1.29 is 19.4 Å². The van der Waals surface area contributed by atoms with Gasteiger partial charge >= 0.3 is 5.97 Å². The van der Waals surface area contributed by atoms with E-state index < -0.39 is 5.97 Å². The molecule has 2 aliphatic heterocycles. The summed E-state index contributed by atoms with van der Waals surface area (Å²) in [6.07, 6.45) is 9.48. The quantitative estimate of drug-likeness (QED) is 0.309. The van der Waals surface area contributed by atoms with Gasteiger partial charge in [0.25, 0.3) is 0 Å². The molecule has 2 aromatic carbocycles. The number of rotatable bonds is 12. The number of hydrogen-bond acceptors (Lipinski definition) is 4. The van der Waals surface area contributed by atoms with Gasteiger partial charge in [0.15, 0.2) is 0 Å². The van der Waals surface area contributed by atoms with E-state index in [2.05, 4.69) is 47.1 Å². The number of unbranched alkanes of at least 4 members (excludes halogenated alkanes) is 1. The largest absolute Gasteiger partial charge is 0.481 e. The molecule has 0 saturated carbocycles. The van der Waals surface area contributed by atoms with E-state index >= 15 is 0 Å². The predicted molar refractivity (Wildman–Crippen MR) is 133 cm³/mol. The number of hydrogen-bond donors (Lipinski definition) is 3. The average Bonchev–Trinajstić information content (AvgIpc) is 3.46. The first-order chi connectivity index (χ1) is 16.6. The first kappa shape index (κ1) is 24.0. The lowest BCUT2D eigenvalue weighted by atomic mass is 9.77. The predicted octanol–water partition coefficient (Wildman–Crippen LogP) is 4.88. The maximum absolute atomic E-state index is 12.5. The van der Waals surface area contributed by atoms with Crippen molar-refractivity contribution in [2.24, 2.45) is 11.8 Å². The van der Waals surface area contributed by atoms with Crippen LogP contribution in [0.4, 0.5) is 5.69 Å². The van der Waals surface area contributed by atoms with Crippen molar-refractivity contribution >= 4 is 17.6 Å². The number of nitrogens with one attached hydrogen (secondary N) is 2. The second-order valence-corrected chi connectivity index (χ2v) is 9.21. The number of ether oxygens (including phenoxy) is 1. The maximum Gasteiger partial charge on any atom is 0.303 e. The van der Waals surface area contributed by atoms with Crippen molar-refractivity contribution in [1.82, 2.24) is 5.32 Å². The molecular formula is C28H34N2O4. The summed E-state index contributed by atoms with van der Waals surface area (Å²) in [5, 5.41) is 15.0. The van der Waals surface area contributed by atoms with Gasteiger partial charge in [0.05, 0.1) is 18.8 Å². The van der Waals surface area contributed by atoms with Gasteiger partial charge in [-0.2, -0.15) is 0 Å². The molecule has 2 fully saturated rings. The second kappa shape index (κ2) is 11.8. The maximum atomic E-state index is 12.5. The standard InChI is InChI=1S/C28H34N2O4/c31-27(19-29-22-14-12-21(13-15-22)20-8-4-3-5-9-20)30-18-24-23(25-16-17-26(24)34-25)10-6-1-2-7-11-28(32)33/h1,3-6,8-9,12-15,23-26,29H,2,7,10-11,16-19H2,(H,30,31)(H,32,33)/b6-1-/t23-,24+,25-,26+/m1/s1. The van der Waals surface area contributed by atoms with Crippen molar-refractivity contribution in [2.45, 2.75) is 50.7 Å². The van der Waals surface area contributed by atoms with Crippen LogP contribution in [-0.2, 0) is 14.3 Å². The van der Waals surface area contributed by atoms with Gasteiger partial charge in [-0.3, -0.25) is 9.59 Å². The monoisotopic (exact) mass is 462 g/mol. The van der Waals surface area contributed by atoms with Crippen LogP contribution in [0.15, 0.2) is 66.7 Å². The molecule has 2 aliphatic rings. The highest BCUT2D eigenvalue weighted by Gasteiger charge is 2.47. The number of carbonyl (C=O) groups excluding carboxylic acids is 1. The van der Waals surface area contributed by atoms with Gasteiger partial charge in [-0.15, -0.1) is 0 Å². The van der Waals surface area contributed by atoms with E-state index in [1.165, 1.54) is 5.56 Å². The van der Waals surface area contributed by atoms with Gasteiger partial charge in [-0.1, -0.05) is 54.6 Å². The van der Waals surface area contributed by atoms with E-state index in [1.807, 2.05) is 30.3 Å². The fourth-order valence-corrected chi connectivity index (χ4v) is 5.11. The van der Waals surface area contributed by atoms with Crippen LogP contribution in [0.2, 0.25) is 0 Å². The number of amides is 1. The Labute approximate surface area is 201 Å². The normalized spacial score (nSPS) is 23.3. The van der Waals surface area contributed by atoms with Crippen LogP contribution in [0.3, 0.4) is 0 Å². The fourth-order valence-electron chi connectivity index (χ4n) is 5.11. The van der Waals surface area contributed by atoms with Gasteiger partial charge in [0.2, 0.25) is 5.91 Å². The SMILES string of the molecule is O=C(O)CCC/C=C\C[C@@H]1[C@H](CNC(=O)CNc2ccc(-c3ccccc3)cc2)[C@@H]2CC[C@H]1O2. The van der Waals surface area contributed by atoms with Crippen molar-refractivity contribution in [2.75, 3.05) is 18.4 Å². The van der Waals surface area contributed by atoms with Crippen molar-refractivity contribution in [3.8, 4) is 11.1 Å². The number of carbonyl (C=O) groups is 2. The first-order valence-electron chi connectivity index (χ1n) is 12.3. The van der Waals surface area contributed by atoms with E-state index in [0.717, 1.165) is 36.9 Å². The van der Waals surface area contributed by atoms with Crippen molar-refractivity contribution in [1.29, 1.82) is 0 Å². The molecule has 0 unspecified atom stereocenters. The first-order valence-corrected chi connectivity index (χ1v) is 12.3. The average molecular weight is 463 g/mol. The van der Waals surface area contributed by atoms with E-state index in [0.29, 0.717) is 24.8 Å². The third kappa shape index (κ3) is 6.48. The molecule has 2 aromatic rings. The molecule has 34 heavy (non-hydrogen) atoms. The Kier molecular flexibility index (Phi) is 8.36. The number of anilines is 1. The summed E-state index contributed by atoms with van der Waals surface area (Å²) < 4.78 is 6.14. The minimum Gasteiger partial charge on any atom is -0.481 e. The highest BCUT2D eigenvalue weighted by atomic mass is 16.5. The molecule has 4 atom stereocenters. The molecule has 2 bridgehead atoms. The van der Waals surface area contributed by atoms with Crippen LogP contribution in [0.5, 0.6) is 0 Å². The number of carboxylic acid groups (broad SMARTS) is 1. The molecule has 3 N–H and O–H groups in total. The molecule has 4 rings (SSSR count). The number of aliphatic carboxylic acids is 1. The molecule has 6 heteroatoms. The molecule has 0 aromatic heterocycles. The summed E-state index contributed by atoms with van der Waals surface area (Å²) in [5.41, 5.74) is 3.24. The number of carboxylic acids is 1. The summed E-state index contributed by atoms with van der Waals surface area (Å²) in [4.78, 5) is 23.1. The fraction of sp³-hybridized carbons (Fsp3) is 0.429. The van der Waals surface area contributed by atoms with E-state index in [9.17, 15) is 9.59 Å². The summed E-state index contributed by atoms with van der Waals surface area (Å²) in [6, 6.07) is 18.3. The third-order valence-corrected chi connectivity index (χ3v) is 6.91. The Morgan fingerprint density at radius 2 is 1.65 bits per heavy atom. The van der Waals surface area contributed by atoms with Crippen molar-refractivity contribution in [3.05, 3.63) is 66.7 Å². The number of benzene rings is 2. The molecule has 0 radical (unpaired) electrons. The Morgan fingerprint density at radius 3 is 2.38 bits per heavy atom. The Hall–Kier alpha value is -3.12. The van der Waals surface area contributed by atoms with Gasteiger partial charge in [0, 0.05) is 24.6 Å². The molecule has 2 saturated heterocycles. The Balaban J connectivity index is 1.20. The Morgan fingerprint density at radius 1 is 0.941 bits per heavy atom. The zero-order valence-corrected chi connectivity index (χ0v) is 19.5. The van der Waals surface area contributed by atoms with Crippen LogP contribution in [0.1, 0.15) is 38.5 Å². The topological polar surface area (TPSA) is 87.7 Å². The summed E-state index contributed by atoms with van der Waals surface area (Å²) in [7, 11) is 0. The number of fused-ring (bicyclic) bond motifs is 2. The molecule has 0 aliphatic carbocycles. The van der Waals surface area contributed by atoms with E-state index in [-0.39, 0.29) is 31.1 Å². The molecule has 2 heterocycles. The summed E-state index contributed by atoms with van der Waals surface area (Å²) >= 11 is 0. The van der Waals surface area contributed by atoms with Gasteiger partial charge in [0.1, 0.15) is 0 Å². The molecule has 6 nitrogen and oxygen atoms in total. The third-order valence-electron chi connectivity index (χ3n) is 6.91. The molecular weight excluding hydrogens is 428 g/mol. The minimum atomic E-state index is -0.746. The summed E-state index contributed by atoms with van der Waals surface area (Å²) in [6.45, 7) is 0.868. The van der Waals surface area contributed by atoms with Gasteiger partial charge < -0.3 is 20.5 Å². The zero-order valence-electron chi connectivity index (χ0n) is 19.5. The summed E-state index contributed by atoms with van der Waals surface area (Å²) in [5.74, 6) is -0.0212. The van der Waals surface area contributed by atoms with Gasteiger partial charge in [-0.05, 0) is 61.3 Å². The minimum absolute atomic E-state index is 0.0159. The van der Waals surface area contributed by atoms with Crippen LogP contribution in [0, 0.1) is 11.8 Å². The van der Waals surface area contributed by atoms with Crippen LogP contribution in [0.25, 0.3) is 11.1 Å². The van der Waals surface area contributed by atoms with Crippen LogP contribution in [-0.4, -0.2) is 42.3 Å². The lowest BCUT2D eigenvalue weighted by molar-refractivity contribution is -0.137. The lowest BCUT2D eigenvalue weighted by Crippen LogP contribution is -2.40. The van der Waals surface area contributed by atoms with Gasteiger partial charge in [-0.25, -0.2) is 0 Å². The lowest BCUT2D eigenvalue weighted by Gasteiger charge is -2.27. The smallest absolute Gasteiger partial charge is 0.303 e. The van der Waals surface area contributed by atoms with Crippen molar-refractivity contribution in [3.63, 3.8) is 0 Å². The zero-order chi connectivity index (χ0) is 23.8. The highest BCUT2D eigenvalue weighted by molar-refractivity contribution is 5.80. The van der Waals surface area contributed by atoms with Crippen LogP contribution >= 0.6 is 0 Å². The molecule has 180 valence electrons. The highest BCUT2D eigenvalue weighted by Crippen LogP contribution is 2.44. The molecule has 1 amide bonds.